The summed E-state index contributed by atoms with van der Waals surface area (Å²) in [4.78, 5) is 37.0. The Hall–Kier alpha value is -5.32. The molecule has 0 spiro atoms. The number of aromatic nitrogens is 2. The SMILES string of the molecule is COC(=O)c1ccc(N2CCN(CCc3ccc(-c4cnc5[nH]cc(C(=O)c6c(F)ccc(NS(=O)(=O)N7CC[C@@H](F)C7)c6F)c5c4)cc3)CC2)cc1F. The lowest BCUT2D eigenvalue weighted by Gasteiger charge is -2.36. The summed E-state index contributed by atoms with van der Waals surface area (Å²) in [5.41, 5.74) is 1.86. The quantitative estimate of drug-likeness (QED) is 0.0993. The highest BCUT2D eigenvalue weighted by Crippen LogP contribution is 2.31. The van der Waals surface area contributed by atoms with E-state index >= 15 is 8.78 Å². The molecule has 2 saturated heterocycles. The number of nitrogens with one attached hydrogen (secondary N) is 2. The summed E-state index contributed by atoms with van der Waals surface area (Å²) in [7, 11) is -3.14. The van der Waals surface area contributed by atoms with E-state index in [2.05, 4.69) is 24.5 Å². The lowest BCUT2D eigenvalue weighted by molar-refractivity contribution is 0.0595. The van der Waals surface area contributed by atoms with Crippen LogP contribution < -0.4 is 9.62 Å². The molecule has 0 aliphatic carbocycles. The van der Waals surface area contributed by atoms with Crippen molar-refractivity contribution in [2.45, 2.75) is 19.0 Å². The maximum Gasteiger partial charge on any atom is 0.340 e. The van der Waals surface area contributed by atoms with Gasteiger partial charge < -0.3 is 14.6 Å². The molecule has 5 aromatic rings. The van der Waals surface area contributed by atoms with Gasteiger partial charge in [0.1, 0.15) is 23.5 Å². The summed E-state index contributed by atoms with van der Waals surface area (Å²) < 4.78 is 91.7. The van der Waals surface area contributed by atoms with Crippen molar-refractivity contribution in [1.29, 1.82) is 0 Å². The van der Waals surface area contributed by atoms with Crippen LogP contribution in [0.1, 0.15) is 38.3 Å². The summed E-state index contributed by atoms with van der Waals surface area (Å²) in [6, 6.07) is 15.7. The van der Waals surface area contributed by atoms with Crippen molar-refractivity contribution in [1.82, 2.24) is 19.2 Å². The fourth-order valence-electron chi connectivity index (χ4n) is 6.79. The second kappa shape index (κ2) is 15.2. The Morgan fingerprint density at radius 1 is 0.926 bits per heavy atom. The number of aromatic amines is 1. The molecule has 4 heterocycles. The zero-order valence-electron chi connectivity index (χ0n) is 29.1. The van der Waals surface area contributed by atoms with Gasteiger partial charge in [0.25, 0.3) is 0 Å². The van der Waals surface area contributed by atoms with Crippen molar-refractivity contribution in [3.8, 4) is 11.1 Å². The Labute approximate surface area is 308 Å². The Bertz CT molecular complexity index is 2330. The Morgan fingerprint density at radius 3 is 2.37 bits per heavy atom. The normalized spacial score (nSPS) is 16.9. The standard InChI is InChI=1S/C38H36F4N6O5S/c1-53-38(50)28-7-6-27(19-32(28)41)47-16-14-46(15-17-47)12-10-23-2-4-24(5-3-23)25-18-29-30(21-44-37(29)43-20-25)36(49)34-31(40)8-9-33(35(34)42)45-54(51,52)48-13-11-26(39)22-48/h2-9,18-21,26,45H,10-17,22H2,1H3,(H,43,44)/t26-/m1/s1. The number of nitrogens with zero attached hydrogens (tertiary/aromatic N) is 4. The zero-order chi connectivity index (χ0) is 38.1. The van der Waals surface area contributed by atoms with Crippen molar-refractivity contribution in [2.24, 2.45) is 0 Å². The molecule has 2 aliphatic rings. The average Bonchev–Trinajstić information content (AvgIpc) is 3.82. The van der Waals surface area contributed by atoms with E-state index in [0.717, 1.165) is 53.6 Å². The van der Waals surface area contributed by atoms with E-state index in [9.17, 15) is 26.8 Å². The molecule has 11 nitrogen and oxygen atoms in total. The zero-order valence-corrected chi connectivity index (χ0v) is 29.9. The smallest absolute Gasteiger partial charge is 0.340 e. The first-order valence-electron chi connectivity index (χ1n) is 17.3. The third kappa shape index (κ3) is 7.54. The highest BCUT2D eigenvalue weighted by Gasteiger charge is 2.33. The number of ketones is 1. The van der Waals surface area contributed by atoms with Gasteiger partial charge in [0.15, 0.2) is 5.82 Å². The minimum Gasteiger partial charge on any atom is -0.465 e. The van der Waals surface area contributed by atoms with Crippen molar-refractivity contribution in [3.63, 3.8) is 0 Å². The van der Waals surface area contributed by atoms with E-state index in [1.165, 1.54) is 25.4 Å². The van der Waals surface area contributed by atoms with Gasteiger partial charge in [-0.3, -0.25) is 14.4 Å². The topological polar surface area (TPSA) is 128 Å². The molecule has 282 valence electrons. The number of carbonyl (C=O) groups is 2. The molecule has 1 atom stereocenters. The Morgan fingerprint density at radius 2 is 1.69 bits per heavy atom. The molecular formula is C38H36F4N6O5S. The molecule has 2 fully saturated rings. The minimum absolute atomic E-state index is 0.00117. The summed E-state index contributed by atoms with van der Waals surface area (Å²) in [6.07, 6.45) is 2.36. The van der Waals surface area contributed by atoms with Gasteiger partial charge in [-0.1, -0.05) is 24.3 Å². The van der Waals surface area contributed by atoms with Crippen LogP contribution in [0.4, 0.5) is 28.9 Å². The first-order valence-corrected chi connectivity index (χ1v) is 18.7. The number of methoxy groups -OCH3 is 1. The lowest BCUT2D eigenvalue weighted by Crippen LogP contribution is -2.47. The largest absolute Gasteiger partial charge is 0.465 e. The second-order valence-electron chi connectivity index (χ2n) is 13.2. The van der Waals surface area contributed by atoms with Crippen LogP contribution in [0.25, 0.3) is 22.2 Å². The highest BCUT2D eigenvalue weighted by atomic mass is 32.2. The number of H-pyrrole nitrogens is 1. The lowest BCUT2D eigenvalue weighted by atomic mass is 9.99. The predicted molar refractivity (Wildman–Crippen MR) is 195 cm³/mol. The van der Waals surface area contributed by atoms with Gasteiger partial charge in [-0.05, 0) is 60.4 Å². The predicted octanol–water partition coefficient (Wildman–Crippen LogP) is 5.73. The number of ether oxygens (including phenoxy) is 1. The molecule has 0 saturated carbocycles. The van der Waals surface area contributed by atoms with Crippen LogP contribution in [0.2, 0.25) is 0 Å². The van der Waals surface area contributed by atoms with Gasteiger partial charge in [0.2, 0.25) is 5.78 Å². The fourth-order valence-corrected chi connectivity index (χ4v) is 8.06. The summed E-state index contributed by atoms with van der Waals surface area (Å²) in [5, 5.41) is 0.318. The number of piperazine rings is 1. The average molecular weight is 765 g/mol. The first-order chi connectivity index (χ1) is 25.9. The molecule has 2 aromatic heterocycles. The highest BCUT2D eigenvalue weighted by molar-refractivity contribution is 7.90. The maximum absolute atomic E-state index is 15.6. The molecule has 0 amide bonds. The number of hydrogen-bond donors (Lipinski definition) is 2. The minimum atomic E-state index is -4.35. The molecule has 3 aromatic carbocycles. The molecule has 0 radical (unpaired) electrons. The monoisotopic (exact) mass is 764 g/mol. The van der Waals surface area contributed by atoms with Gasteiger partial charge in [0, 0.05) is 80.4 Å². The van der Waals surface area contributed by atoms with Crippen molar-refractivity contribution in [3.05, 3.63) is 113 Å². The molecule has 0 bridgehead atoms. The van der Waals surface area contributed by atoms with Crippen LogP contribution in [0, 0.1) is 17.5 Å². The number of fused-ring (bicyclic) bond motifs is 1. The van der Waals surface area contributed by atoms with Crippen molar-refractivity contribution < 1.29 is 40.3 Å². The van der Waals surface area contributed by atoms with Gasteiger partial charge in [-0.25, -0.2) is 27.3 Å². The summed E-state index contributed by atoms with van der Waals surface area (Å²) in [6.45, 7) is 3.32. The van der Waals surface area contributed by atoms with E-state index < -0.39 is 56.8 Å². The Balaban J connectivity index is 1.00. The number of rotatable bonds is 11. The van der Waals surface area contributed by atoms with Gasteiger partial charge in [0.05, 0.1) is 23.9 Å². The van der Waals surface area contributed by atoms with Crippen LogP contribution in [-0.4, -0.2) is 98.4 Å². The summed E-state index contributed by atoms with van der Waals surface area (Å²) >= 11 is 0. The summed E-state index contributed by atoms with van der Waals surface area (Å²) in [5.74, 6) is -4.91. The third-order valence-corrected chi connectivity index (χ3v) is 11.4. The van der Waals surface area contributed by atoms with E-state index in [0.29, 0.717) is 35.4 Å². The molecule has 2 aliphatic heterocycles. The van der Waals surface area contributed by atoms with Gasteiger partial charge in [-0.2, -0.15) is 12.7 Å². The molecular weight excluding hydrogens is 729 g/mol. The Kier molecular flexibility index (Phi) is 10.4. The molecule has 16 heteroatoms. The number of benzene rings is 3. The fraction of sp³-hybridized carbons (Fsp3) is 0.289. The van der Waals surface area contributed by atoms with Gasteiger partial charge >= 0.3 is 16.2 Å². The van der Waals surface area contributed by atoms with Gasteiger partial charge in [-0.15, -0.1) is 0 Å². The van der Waals surface area contributed by atoms with E-state index in [1.807, 2.05) is 29.0 Å². The number of esters is 1. The number of anilines is 2. The third-order valence-electron chi connectivity index (χ3n) is 9.87. The van der Waals surface area contributed by atoms with Crippen molar-refractivity contribution in [2.75, 3.05) is 62.5 Å². The van der Waals surface area contributed by atoms with E-state index in [1.54, 1.807) is 18.3 Å². The number of halogens is 4. The number of carbonyl (C=O) groups excluding carboxylic acids is 2. The van der Waals surface area contributed by atoms with Crippen LogP contribution in [0.5, 0.6) is 0 Å². The molecule has 7 rings (SSSR count). The van der Waals surface area contributed by atoms with Crippen LogP contribution in [0.3, 0.4) is 0 Å². The van der Waals surface area contributed by atoms with E-state index in [-0.39, 0.29) is 30.6 Å². The molecule has 0 unspecified atom stereocenters. The number of alkyl halides is 1. The van der Waals surface area contributed by atoms with Crippen LogP contribution in [0.15, 0.2) is 73.1 Å². The molecule has 2 N–H and O–H groups in total. The van der Waals surface area contributed by atoms with Crippen molar-refractivity contribution >= 4 is 44.4 Å². The van der Waals surface area contributed by atoms with E-state index in [4.69, 9.17) is 0 Å². The van der Waals surface area contributed by atoms with Crippen LogP contribution >= 0.6 is 0 Å². The second-order valence-corrected chi connectivity index (χ2v) is 14.9. The first kappa shape index (κ1) is 37.0. The van der Waals surface area contributed by atoms with Crippen LogP contribution in [-0.2, 0) is 21.4 Å². The maximum atomic E-state index is 15.6. The molecule has 54 heavy (non-hydrogen) atoms. The number of pyridine rings is 1. The number of hydrogen-bond acceptors (Lipinski definition) is 8.